The predicted octanol–water partition coefficient (Wildman–Crippen LogP) is 2.92. The van der Waals surface area contributed by atoms with E-state index in [1.807, 2.05) is 6.07 Å². The van der Waals surface area contributed by atoms with Gasteiger partial charge < -0.3 is 18.9 Å². The number of carboxylic acids is 1. The number of rotatable bonds is 11. The maximum absolute atomic E-state index is 13.0. The average Bonchev–Trinajstić information content (AvgIpc) is 3.35. The average molecular weight is 555 g/mol. The third-order valence-electron chi connectivity index (χ3n) is 6.19. The molecule has 0 unspecified atom stereocenters. The molecule has 1 fully saturated rings. The number of carboxylic acid groups (broad SMARTS) is 1. The van der Waals surface area contributed by atoms with Crippen LogP contribution in [0.3, 0.4) is 0 Å². The van der Waals surface area contributed by atoms with Crippen molar-refractivity contribution in [2.24, 2.45) is 5.41 Å². The van der Waals surface area contributed by atoms with Gasteiger partial charge >= 0.3 is 29.6 Å². The molecule has 0 spiro atoms. The fraction of sp³-hybridized carbons (Fsp3) is 0.481. The third kappa shape index (κ3) is 8.17. The molecule has 1 aliphatic carbocycles. The van der Waals surface area contributed by atoms with Crippen molar-refractivity contribution in [1.29, 1.82) is 0 Å². The van der Waals surface area contributed by atoms with Gasteiger partial charge in [-0.15, -0.1) is 0 Å². The second kappa shape index (κ2) is 12.5. The summed E-state index contributed by atoms with van der Waals surface area (Å²) in [5.41, 5.74) is 2.78. The first-order valence-corrected chi connectivity index (χ1v) is 12.9. The van der Waals surface area contributed by atoms with Crippen molar-refractivity contribution in [1.82, 2.24) is 10.3 Å². The van der Waals surface area contributed by atoms with E-state index < -0.39 is 11.9 Å². The molecule has 2 aromatic heterocycles. The van der Waals surface area contributed by atoms with Crippen LogP contribution < -0.4 is 34.7 Å². The largest absolute Gasteiger partial charge is 1.00 e. The van der Waals surface area contributed by atoms with E-state index in [9.17, 15) is 14.7 Å². The molecule has 0 bridgehead atoms. The number of carbonyl (C=O) groups excluding carboxylic acids is 2. The van der Waals surface area contributed by atoms with Gasteiger partial charge in [0.15, 0.2) is 0 Å². The normalized spacial score (nSPS) is 14.3. The van der Waals surface area contributed by atoms with Gasteiger partial charge in [0, 0.05) is 52.8 Å². The Balaban J connectivity index is 0.00000380. The van der Waals surface area contributed by atoms with Gasteiger partial charge in [-0.25, -0.2) is 0 Å². The minimum Gasteiger partial charge on any atom is -0.550 e. The predicted molar refractivity (Wildman–Crippen MR) is 134 cm³/mol. The molecule has 7 nitrogen and oxygen atoms in total. The Hall–Kier alpha value is -1.64. The summed E-state index contributed by atoms with van der Waals surface area (Å²) in [5.74, 6) is -0.188. The number of ketones is 1. The van der Waals surface area contributed by atoms with Gasteiger partial charge in [-0.2, -0.15) is 0 Å². The molecule has 1 saturated carbocycles. The zero-order valence-corrected chi connectivity index (χ0v) is 25.1. The minimum absolute atomic E-state index is 0. The minimum atomic E-state index is -1.18. The van der Waals surface area contributed by atoms with E-state index in [4.69, 9.17) is 32.2 Å². The van der Waals surface area contributed by atoms with Crippen LogP contribution in [-0.4, -0.2) is 22.1 Å². The number of benzene rings is 1. The molecule has 0 amide bonds. The molecule has 37 heavy (non-hydrogen) atoms. The molecular formula is C27H29Cl2N2NaO5. The Labute approximate surface area is 248 Å². The monoisotopic (exact) mass is 554 g/mol. The molecule has 2 heterocycles. The van der Waals surface area contributed by atoms with E-state index in [0.29, 0.717) is 32.8 Å². The molecule has 1 atom stereocenters. The molecule has 0 aliphatic heterocycles. The SMILES string of the molecule is CC(C)(C)Cc1cc(-c2noc([C@@H](CCC(=O)[O-])CC(=O)Cc3ccc(Cl)cc3Cl)c2C2CC2)no1.[Na+]. The first-order chi connectivity index (χ1) is 17.0. The van der Waals surface area contributed by atoms with Gasteiger partial charge in [-0.1, -0.05) is 60.4 Å². The fourth-order valence-electron chi connectivity index (χ4n) is 4.43. The molecule has 1 aromatic carbocycles. The summed E-state index contributed by atoms with van der Waals surface area (Å²) in [6.45, 7) is 6.36. The van der Waals surface area contributed by atoms with Gasteiger partial charge in [0.25, 0.3) is 0 Å². The molecule has 0 saturated heterocycles. The zero-order valence-electron chi connectivity index (χ0n) is 21.6. The molecule has 192 valence electrons. The summed E-state index contributed by atoms with van der Waals surface area (Å²) in [5, 5.41) is 20.7. The molecule has 1 aliphatic rings. The first kappa shape index (κ1) is 29.9. The second-order valence-electron chi connectivity index (χ2n) is 10.8. The number of hydrogen-bond donors (Lipinski definition) is 0. The van der Waals surface area contributed by atoms with Crippen molar-refractivity contribution in [3.8, 4) is 11.4 Å². The maximum atomic E-state index is 13.0. The summed E-state index contributed by atoms with van der Waals surface area (Å²) in [6, 6.07) is 6.88. The molecular weight excluding hydrogens is 526 g/mol. The van der Waals surface area contributed by atoms with E-state index >= 15 is 0 Å². The Morgan fingerprint density at radius 3 is 2.49 bits per heavy atom. The number of aromatic nitrogens is 2. The van der Waals surface area contributed by atoms with Crippen molar-refractivity contribution in [2.75, 3.05) is 0 Å². The number of nitrogens with zero attached hydrogens (tertiary/aromatic N) is 2. The third-order valence-corrected chi connectivity index (χ3v) is 6.78. The van der Waals surface area contributed by atoms with Gasteiger partial charge in [0.1, 0.15) is 28.7 Å². The summed E-state index contributed by atoms with van der Waals surface area (Å²) >= 11 is 12.2. The number of aliphatic carboxylic acids is 1. The second-order valence-corrected chi connectivity index (χ2v) is 11.6. The van der Waals surface area contributed by atoms with Gasteiger partial charge in [0.2, 0.25) is 0 Å². The van der Waals surface area contributed by atoms with Crippen LogP contribution in [-0.2, 0) is 22.4 Å². The van der Waals surface area contributed by atoms with Crippen LogP contribution in [0.5, 0.6) is 0 Å². The van der Waals surface area contributed by atoms with Crippen molar-refractivity contribution in [2.45, 2.75) is 77.6 Å². The van der Waals surface area contributed by atoms with Crippen LogP contribution in [0.2, 0.25) is 10.0 Å². The Bertz CT molecular complexity index is 1260. The number of hydrogen-bond acceptors (Lipinski definition) is 7. The van der Waals surface area contributed by atoms with Crippen LogP contribution in [0.25, 0.3) is 11.4 Å². The van der Waals surface area contributed by atoms with Gasteiger partial charge in [0.05, 0.1) is 0 Å². The van der Waals surface area contributed by atoms with E-state index in [2.05, 4.69) is 31.1 Å². The smallest absolute Gasteiger partial charge is 0.550 e. The molecule has 3 aromatic rings. The standard InChI is InChI=1S/C27H30Cl2N2O5.Na/c1-27(2,3)14-20-13-22(30-35-20)25-24(15-4-5-15)26(36-31-25)17(7-9-23(33)34)11-19(32)10-16-6-8-18(28)12-21(16)29;/h6,8,12-13,15,17H,4-5,7,9-11,14H2,1-3H3,(H,33,34);/q;+1/p-1/t17-;/m0./s1. The van der Waals surface area contributed by atoms with E-state index in [1.165, 1.54) is 0 Å². The van der Waals surface area contributed by atoms with Crippen LogP contribution in [0, 0.1) is 5.41 Å². The van der Waals surface area contributed by atoms with E-state index in [1.54, 1.807) is 18.2 Å². The number of Topliss-reactive ketones (excluding diaryl/α,β-unsaturated/α-hetero) is 1. The van der Waals surface area contributed by atoms with Crippen LogP contribution in [0.1, 0.15) is 87.4 Å². The van der Waals surface area contributed by atoms with E-state index in [0.717, 1.165) is 30.6 Å². The summed E-state index contributed by atoms with van der Waals surface area (Å²) < 4.78 is 11.4. The van der Waals surface area contributed by atoms with Gasteiger partial charge in [-0.05, 0) is 54.7 Å². The topological polar surface area (TPSA) is 109 Å². The van der Waals surface area contributed by atoms with Crippen molar-refractivity contribution < 1.29 is 53.3 Å². The number of halogens is 2. The number of carbonyl (C=O) groups is 2. The summed E-state index contributed by atoms with van der Waals surface area (Å²) in [7, 11) is 0. The molecule has 0 radical (unpaired) electrons. The Morgan fingerprint density at radius 1 is 1.14 bits per heavy atom. The fourth-order valence-corrected chi connectivity index (χ4v) is 4.90. The quantitative estimate of drug-likeness (QED) is 0.335. The molecule has 10 heteroatoms. The summed E-state index contributed by atoms with van der Waals surface area (Å²) in [6.07, 6.45) is 2.86. The first-order valence-electron chi connectivity index (χ1n) is 12.1. The van der Waals surface area contributed by atoms with Crippen molar-refractivity contribution in [3.05, 3.63) is 57.0 Å². The molecule has 4 rings (SSSR count). The Morgan fingerprint density at radius 2 is 1.86 bits per heavy atom. The summed E-state index contributed by atoms with van der Waals surface area (Å²) in [4.78, 5) is 24.3. The van der Waals surface area contributed by atoms with Crippen LogP contribution >= 0.6 is 23.2 Å². The Kier molecular flexibility index (Phi) is 10.1. The zero-order chi connectivity index (χ0) is 26.0. The van der Waals surface area contributed by atoms with Crippen molar-refractivity contribution >= 4 is 35.0 Å². The maximum Gasteiger partial charge on any atom is 1.00 e. The van der Waals surface area contributed by atoms with Gasteiger partial charge in [-0.3, -0.25) is 4.79 Å². The molecule has 0 N–H and O–H groups in total. The van der Waals surface area contributed by atoms with Crippen LogP contribution in [0.15, 0.2) is 33.3 Å². The van der Waals surface area contributed by atoms with Crippen LogP contribution in [0.4, 0.5) is 0 Å². The van der Waals surface area contributed by atoms with Crippen molar-refractivity contribution in [3.63, 3.8) is 0 Å². The van der Waals surface area contributed by atoms with E-state index in [-0.39, 0.29) is 72.4 Å².